The first-order chi connectivity index (χ1) is 11.0. The van der Waals surface area contributed by atoms with Crippen LogP contribution in [0.4, 0.5) is 0 Å². The molecule has 130 valence electrons. The summed E-state index contributed by atoms with van der Waals surface area (Å²) in [6, 6.07) is 1.65. The Kier molecular flexibility index (Phi) is 5.64. The molecular formula is C13H21N3O4S3. The summed E-state index contributed by atoms with van der Waals surface area (Å²) in [5.74, 6) is 0. The summed E-state index contributed by atoms with van der Waals surface area (Å²) in [7, 11) is -2.01. The van der Waals surface area contributed by atoms with Gasteiger partial charge < -0.3 is 9.47 Å². The highest BCUT2D eigenvalue weighted by Gasteiger charge is 2.30. The first-order valence-electron chi connectivity index (χ1n) is 7.39. The highest BCUT2D eigenvalue weighted by atomic mass is 32.3. The Labute approximate surface area is 144 Å². The number of nitrogens with zero attached hydrogens (tertiary/aromatic N) is 2. The molecular weight excluding hydrogens is 358 g/mol. The molecule has 0 spiro atoms. The third kappa shape index (κ3) is 4.26. The van der Waals surface area contributed by atoms with Crippen LogP contribution in [0.5, 0.6) is 0 Å². The van der Waals surface area contributed by atoms with Crippen LogP contribution in [0.2, 0.25) is 0 Å². The fourth-order valence-electron chi connectivity index (χ4n) is 2.66. The predicted octanol–water partition coefficient (Wildman–Crippen LogP) is 0.738. The number of ether oxygens (including phenoxy) is 2. The van der Waals surface area contributed by atoms with E-state index in [2.05, 4.69) is 9.21 Å². The van der Waals surface area contributed by atoms with E-state index < -0.39 is 10.0 Å². The summed E-state index contributed by atoms with van der Waals surface area (Å²) in [5.41, 5.74) is 0.925. The van der Waals surface area contributed by atoms with Crippen LogP contribution < -0.4 is 5.14 Å². The molecule has 2 aliphatic heterocycles. The van der Waals surface area contributed by atoms with Gasteiger partial charge in [-0.2, -0.15) is 0 Å². The Hall–Kier alpha value is -0.200. The standard InChI is InChI=1S/C13H21N3O4S3/c1-19-11-9-16(3-2-15-4-6-20-7-5-15)22-13-10(11)8-12(21-13)23(14,17)18/h8,11H,2-7,9H2,1H3,(H2,14,17,18). The maximum Gasteiger partial charge on any atom is 0.247 e. The lowest BCUT2D eigenvalue weighted by Crippen LogP contribution is -2.41. The number of rotatable bonds is 5. The Morgan fingerprint density at radius 3 is 2.78 bits per heavy atom. The molecule has 23 heavy (non-hydrogen) atoms. The minimum atomic E-state index is -3.67. The van der Waals surface area contributed by atoms with Crippen LogP contribution >= 0.6 is 23.3 Å². The third-order valence-electron chi connectivity index (χ3n) is 3.96. The quantitative estimate of drug-likeness (QED) is 0.755. The van der Waals surface area contributed by atoms with E-state index in [0.717, 1.165) is 55.7 Å². The van der Waals surface area contributed by atoms with Crippen molar-refractivity contribution in [3.63, 3.8) is 0 Å². The van der Waals surface area contributed by atoms with E-state index in [1.165, 1.54) is 11.3 Å². The van der Waals surface area contributed by atoms with Crippen molar-refractivity contribution in [3.8, 4) is 0 Å². The molecule has 10 heteroatoms. The molecule has 0 bridgehead atoms. The Morgan fingerprint density at radius 1 is 1.39 bits per heavy atom. The average molecular weight is 380 g/mol. The summed E-state index contributed by atoms with van der Waals surface area (Å²) in [6.07, 6.45) is -0.123. The van der Waals surface area contributed by atoms with E-state index in [-0.39, 0.29) is 10.3 Å². The van der Waals surface area contributed by atoms with Crippen molar-refractivity contribution < 1.29 is 17.9 Å². The van der Waals surface area contributed by atoms with Gasteiger partial charge in [0, 0.05) is 45.4 Å². The zero-order chi connectivity index (χ0) is 16.4. The summed E-state index contributed by atoms with van der Waals surface area (Å²) in [6.45, 7) is 6.11. The minimum absolute atomic E-state index is 0.123. The number of methoxy groups -OCH3 is 1. The third-order valence-corrected chi connectivity index (χ3v) is 7.80. The molecule has 1 unspecified atom stereocenters. The van der Waals surface area contributed by atoms with Gasteiger partial charge in [0.05, 0.1) is 23.5 Å². The van der Waals surface area contributed by atoms with E-state index in [1.807, 2.05) is 0 Å². The lowest BCUT2D eigenvalue weighted by molar-refractivity contribution is 0.0334. The molecule has 1 atom stereocenters. The smallest absolute Gasteiger partial charge is 0.247 e. The van der Waals surface area contributed by atoms with Crippen LogP contribution in [0.3, 0.4) is 0 Å². The van der Waals surface area contributed by atoms with Crippen molar-refractivity contribution in [2.45, 2.75) is 14.5 Å². The van der Waals surface area contributed by atoms with Gasteiger partial charge in [0.15, 0.2) is 0 Å². The van der Waals surface area contributed by atoms with Crippen LogP contribution in [0.25, 0.3) is 0 Å². The zero-order valence-electron chi connectivity index (χ0n) is 12.9. The molecule has 1 fully saturated rings. The van der Waals surface area contributed by atoms with Gasteiger partial charge in [-0.05, 0) is 18.0 Å². The van der Waals surface area contributed by atoms with Gasteiger partial charge in [0.1, 0.15) is 4.21 Å². The first kappa shape index (κ1) is 17.6. The number of nitrogens with two attached hydrogens (primary N) is 1. The van der Waals surface area contributed by atoms with Crippen molar-refractivity contribution in [3.05, 3.63) is 11.6 Å². The predicted molar refractivity (Wildman–Crippen MR) is 90.1 cm³/mol. The van der Waals surface area contributed by atoms with Gasteiger partial charge in [0.2, 0.25) is 10.0 Å². The summed E-state index contributed by atoms with van der Waals surface area (Å²) >= 11 is 2.82. The van der Waals surface area contributed by atoms with Crippen molar-refractivity contribution >= 4 is 33.3 Å². The van der Waals surface area contributed by atoms with E-state index in [0.29, 0.717) is 0 Å². The summed E-state index contributed by atoms with van der Waals surface area (Å²) in [5, 5.41) is 5.25. The molecule has 1 saturated heterocycles. The van der Waals surface area contributed by atoms with Crippen LogP contribution in [-0.4, -0.2) is 70.7 Å². The largest absolute Gasteiger partial charge is 0.379 e. The van der Waals surface area contributed by atoms with Crippen molar-refractivity contribution in [2.24, 2.45) is 5.14 Å². The molecule has 2 aliphatic rings. The number of fused-ring (bicyclic) bond motifs is 1. The molecule has 3 heterocycles. The molecule has 0 saturated carbocycles. The summed E-state index contributed by atoms with van der Waals surface area (Å²) in [4.78, 5) is 2.38. The SMILES string of the molecule is COC1CN(CCN2CCOCC2)Sc2sc(S(N)(=O)=O)cc21. The Bertz CT molecular complexity index is 643. The number of morpholine rings is 1. The maximum absolute atomic E-state index is 11.6. The molecule has 0 aromatic carbocycles. The van der Waals surface area contributed by atoms with E-state index in [1.54, 1.807) is 25.1 Å². The molecule has 7 nitrogen and oxygen atoms in total. The van der Waals surface area contributed by atoms with Gasteiger partial charge in [-0.25, -0.2) is 17.9 Å². The molecule has 0 radical (unpaired) electrons. The van der Waals surface area contributed by atoms with Crippen molar-refractivity contribution in [1.29, 1.82) is 0 Å². The van der Waals surface area contributed by atoms with E-state index >= 15 is 0 Å². The molecule has 1 aromatic rings. The first-order valence-corrected chi connectivity index (χ1v) is 10.5. The lowest BCUT2D eigenvalue weighted by atomic mass is 10.2. The number of thiophene rings is 1. The van der Waals surface area contributed by atoms with Crippen molar-refractivity contribution in [2.75, 3.05) is 53.0 Å². The van der Waals surface area contributed by atoms with Crippen molar-refractivity contribution in [1.82, 2.24) is 9.21 Å². The van der Waals surface area contributed by atoms with Crippen LogP contribution in [0.1, 0.15) is 11.7 Å². The van der Waals surface area contributed by atoms with Gasteiger partial charge in [-0.1, -0.05) is 0 Å². The second-order valence-electron chi connectivity index (χ2n) is 5.51. The van der Waals surface area contributed by atoms with E-state index in [9.17, 15) is 8.42 Å². The Balaban J connectivity index is 1.68. The molecule has 0 amide bonds. The normalized spacial score (nSPS) is 23.8. The topological polar surface area (TPSA) is 85.1 Å². The highest BCUT2D eigenvalue weighted by molar-refractivity contribution is 7.99. The minimum Gasteiger partial charge on any atom is -0.379 e. The van der Waals surface area contributed by atoms with Gasteiger partial charge in [-0.15, -0.1) is 11.3 Å². The van der Waals surface area contributed by atoms with Gasteiger partial charge in [0.25, 0.3) is 0 Å². The van der Waals surface area contributed by atoms with Crippen LogP contribution in [0.15, 0.2) is 14.5 Å². The van der Waals surface area contributed by atoms with Crippen LogP contribution in [0, 0.1) is 0 Å². The monoisotopic (exact) mass is 379 g/mol. The number of primary sulfonamides is 1. The van der Waals surface area contributed by atoms with E-state index in [4.69, 9.17) is 14.6 Å². The number of hydrogen-bond donors (Lipinski definition) is 1. The lowest BCUT2D eigenvalue weighted by Gasteiger charge is -2.33. The van der Waals surface area contributed by atoms with Crippen LogP contribution in [-0.2, 0) is 19.5 Å². The maximum atomic E-state index is 11.6. The summed E-state index contributed by atoms with van der Waals surface area (Å²) < 4.78 is 37.4. The zero-order valence-corrected chi connectivity index (χ0v) is 15.4. The highest BCUT2D eigenvalue weighted by Crippen LogP contribution is 2.44. The second kappa shape index (κ2) is 7.36. The fraction of sp³-hybridized carbons (Fsp3) is 0.692. The van der Waals surface area contributed by atoms with Gasteiger partial charge in [-0.3, -0.25) is 4.90 Å². The number of sulfonamides is 1. The molecule has 2 N–H and O–H groups in total. The average Bonchev–Trinajstić information content (AvgIpc) is 2.97. The van der Waals surface area contributed by atoms with Gasteiger partial charge >= 0.3 is 0 Å². The molecule has 1 aromatic heterocycles. The Morgan fingerprint density at radius 2 is 2.13 bits per heavy atom. The fourth-order valence-corrected chi connectivity index (χ4v) is 6.14. The number of hydrogen-bond acceptors (Lipinski definition) is 8. The molecule has 0 aliphatic carbocycles. The second-order valence-corrected chi connectivity index (χ2v) is 9.72. The molecule has 3 rings (SSSR count).